The third-order valence-corrected chi connectivity index (χ3v) is 16.6. The molecule has 0 amide bonds. The van der Waals surface area contributed by atoms with Gasteiger partial charge in [-0.3, -0.25) is 0 Å². The van der Waals surface area contributed by atoms with E-state index in [4.69, 9.17) is 4.42 Å². The standard InChI is InChI=1S/C64H41NOS/c1-63(2)51-22-10-5-18-44(51)45-30-27-39(36-56(45)63)65(40-28-31-47-46-19-8-13-25-57(46)66-58(47)37-40)38-29-32-54-50(35-38)42-16-4-3-15-41(42)43-17-6-11-23-52(43)64(54)53-24-12-7-20-48(53)61-55(64)33-34-60-62(61)49-21-9-14-26-59(49)67-60/h3-37H,1-2H3. The highest BCUT2D eigenvalue weighted by Crippen LogP contribution is 2.64. The summed E-state index contributed by atoms with van der Waals surface area (Å²) in [6.07, 6.45) is 0. The van der Waals surface area contributed by atoms with Crippen molar-refractivity contribution in [2.24, 2.45) is 0 Å². The maximum absolute atomic E-state index is 6.61. The molecule has 0 saturated heterocycles. The van der Waals surface area contributed by atoms with E-state index in [-0.39, 0.29) is 5.41 Å². The van der Waals surface area contributed by atoms with Crippen LogP contribution in [0.3, 0.4) is 0 Å². The first-order chi connectivity index (χ1) is 33.0. The van der Waals surface area contributed by atoms with Crippen LogP contribution in [0.5, 0.6) is 0 Å². The quantitative estimate of drug-likeness (QED) is 0.176. The molecule has 15 rings (SSSR count). The first-order valence-corrected chi connectivity index (χ1v) is 24.1. The van der Waals surface area contributed by atoms with Crippen molar-refractivity contribution < 1.29 is 4.42 Å². The lowest BCUT2D eigenvalue weighted by molar-refractivity contribution is 0.660. The van der Waals surface area contributed by atoms with Crippen LogP contribution in [0.1, 0.15) is 47.2 Å². The van der Waals surface area contributed by atoms with Crippen LogP contribution in [0.25, 0.3) is 86.6 Å². The van der Waals surface area contributed by atoms with E-state index >= 15 is 0 Å². The summed E-state index contributed by atoms with van der Waals surface area (Å²) in [5.41, 5.74) is 22.5. The minimum absolute atomic E-state index is 0.163. The normalized spacial score (nSPS) is 15.8. The van der Waals surface area contributed by atoms with Crippen LogP contribution < -0.4 is 4.90 Å². The highest BCUT2D eigenvalue weighted by Gasteiger charge is 2.50. The van der Waals surface area contributed by atoms with Gasteiger partial charge in [-0.1, -0.05) is 166 Å². The molecule has 0 N–H and O–H groups in total. The van der Waals surface area contributed by atoms with Gasteiger partial charge in [-0.25, -0.2) is 0 Å². The van der Waals surface area contributed by atoms with Crippen molar-refractivity contribution in [2.75, 3.05) is 4.90 Å². The summed E-state index contributed by atoms with van der Waals surface area (Å²) in [5.74, 6) is 0. The number of furan rings is 1. The lowest BCUT2D eigenvalue weighted by atomic mass is 9.66. The number of rotatable bonds is 3. The van der Waals surface area contributed by atoms with E-state index in [0.29, 0.717) is 0 Å². The Morgan fingerprint density at radius 1 is 0.358 bits per heavy atom. The summed E-state index contributed by atoms with van der Waals surface area (Å²) in [6.45, 7) is 4.74. The molecule has 2 nitrogen and oxygen atoms in total. The van der Waals surface area contributed by atoms with Gasteiger partial charge in [0.25, 0.3) is 0 Å². The maximum Gasteiger partial charge on any atom is 0.137 e. The van der Waals surface area contributed by atoms with Crippen LogP contribution in [-0.4, -0.2) is 0 Å². The Morgan fingerprint density at radius 2 is 0.896 bits per heavy atom. The first-order valence-electron chi connectivity index (χ1n) is 23.3. The summed E-state index contributed by atoms with van der Waals surface area (Å²) in [6, 6.07) is 79.8. The molecule has 0 saturated carbocycles. The molecule has 1 spiro atoms. The van der Waals surface area contributed by atoms with Gasteiger partial charge < -0.3 is 9.32 Å². The second-order valence-corrected chi connectivity index (χ2v) is 20.2. The van der Waals surface area contributed by atoms with Crippen LogP contribution in [0, 0.1) is 0 Å². The summed E-state index contributed by atoms with van der Waals surface area (Å²) in [5, 5.41) is 4.92. The van der Waals surface area contributed by atoms with E-state index in [0.717, 1.165) is 39.0 Å². The van der Waals surface area contributed by atoms with Crippen LogP contribution in [0.15, 0.2) is 217 Å². The monoisotopic (exact) mass is 871 g/mol. The minimum Gasteiger partial charge on any atom is -0.456 e. The zero-order valence-corrected chi connectivity index (χ0v) is 37.8. The molecule has 1 atom stereocenters. The minimum atomic E-state index is -0.603. The van der Waals surface area contributed by atoms with E-state index in [9.17, 15) is 0 Å². The molecule has 1 unspecified atom stereocenters. The number of anilines is 3. The average Bonchev–Trinajstić information content (AvgIpc) is 4.07. The molecule has 0 fully saturated rings. The molecule has 2 aromatic heterocycles. The number of thiophene rings is 1. The van der Waals surface area contributed by atoms with Gasteiger partial charge in [-0.15, -0.1) is 11.3 Å². The SMILES string of the molecule is CC1(C)c2ccccc2-c2ccc(N(c3ccc4c(c3)-c3ccccc3-c3ccccc3C43c4ccccc4-c4c3ccc3sc5ccccc5c43)c3ccc4c(c3)oc3ccccc34)cc21. The van der Waals surface area contributed by atoms with Crippen molar-refractivity contribution in [1.29, 1.82) is 0 Å². The van der Waals surface area contributed by atoms with Gasteiger partial charge in [-0.05, 0) is 132 Å². The predicted octanol–water partition coefficient (Wildman–Crippen LogP) is 17.7. The zero-order valence-electron chi connectivity index (χ0n) is 37.0. The van der Waals surface area contributed by atoms with Crippen LogP contribution in [0.4, 0.5) is 17.1 Å². The maximum atomic E-state index is 6.61. The second kappa shape index (κ2) is 13.3. The Morgan fingerprint density at radius 3 is 1.72 bits per heavy atom. The first kappa shape index (κ1) is 37.3. The number of fused-ring (bicyclic) bond motifs is 22. The molecule has 3 aliphatic rings. The van der Waals surface area contributed by atoms with Crippen LogP contribution in [0.2, 0.25) is 0 Å². The molecular formula is C64H41NOS. The number of hydrogen-bond acceptors (Lipinski definition) is 3. The molecule has 3 heteroatoms. The van der Waals surface area contributed by atoms with Gasteiger partial charge in [0.1, 0.15) is 11.2 Å². The van der Waals surface area contributed by atoms with Gasteiger partial charge >= 0.3 is 0 Å². The Labute approximate surface area is 392 Å². The predicted molar refractivity (Wildman–Crippen MR) is 281 cm³/mol. The van der Waals surface area contributed by atoms with E-state index in [1.807, 2.05) is 17.4 Å². The molecule has 67 heavy (non-hydrogen) atoms. The van der Waals surface area contributed by atoms with E-state index in [1.165, 1.54) is 98.1 Å². The molecule has 2 heterocycles. The summed E-state index contributed by atoms with van der Waals surface area (Å²) >= 11 is 1.90. The topological polar surface area (TPSA) is 16.4 Å². The van der Waals surface area contributed by atoms with Gasteiger partial charge in [0, 0.05) is 59.5 Å². The summed E-state index contributed by atoms with van der Waals surface area (Å²) in [4.78, 5) is 2.46. The average molecular weight is 872 g/mol. The van der Waals surface area contributed by atoms with Crippen molar-refractivity contribution in [3.63, 3.8) is 0 Å². The Balaban J connectivity index is 1.04. The molecule has 0 aliphatic heterocycles. The van der Waals surface area contributed by atoms with Crippen molar-refractivity contribution in [2.45, 2.75) is 24.7 Å². The lowest BCUT2D eigenvalue weighted by Crippen LogP contribution is -2.29. The van der Waals surface area contributed by atoms with E-state index in [2.05, 4.69) is 225 Å². The van der Waals surface area contributed by atoms with Crippen molar-refractivity contribution in [1.82, 2.24) is 0 Å². The Kier molecular flexibility index (Phi) is 7.41. The van der Waals surface area contributed by atoms with Gasteiger partial charge in [0.15, 0.2) is 0 Å². The van der Waals surface area contributed by atoms with Gasteiger partial charge in [0.2, 0.25) is 0 Å². The van der Waals surface area contributed by atoms with E-state index < -0.39 is 5.41 Å². The molecule has 12 aromatic rings. The molecule has 0 bridgehead atoms. The third kappa shape index (κ3) is 4.84. The highest BCUT2D eigenvalue weighted by atomic mass is 32.1. The zero-order chi connectivity index (χ0) is 44.2. The van der Waals surface area contributed by atoms with Gasteiger partial charge in [-0.2, -0.15) is 0 Å². The fourth-order valence-corrected chi connectivity index (χ4v) is 13.8. The van der Waals surface area contributed by atoms with Crippen molar-refractivity contribution in [3.8, 4) is 44.5 Å². The Bertz CT molecular complexity index is 4110. The summed E-state index contributed by atoms with van der Waals surface area (Å²) in [7, 11) is 0. The molecular weight excluding hydrogens is 831 g/mol. The van der Waals surface area contributed by atoms with Crippen LogP contribution >= 0.6 is 11.3 Å². The van der Waals surface area contributed by atoms with Crippen molar-refractivity contribution in [3.05, 3.63) is 246 Å². The van der Waals surface area contributed by atoms with E-state index in [1.54, 1.807) is 0 Å². The molecule has 0 radical (unpaired) electrons. The summed E-state index contributed by atoms with van der Waals surface area (Å²) < 4.78 is 9.26. The highest BCUT2D eigenvalue weighted by molar-refractivity contribution is 7.26. The number of nitrogens with zero attached hydrogens (tertiary/aromatic N) is 1. The second-order valence-electron chi connectivity index (χ2n) is 19.1. The Hall–Kier alpha value is -7.98. The lowest BCUT2D eigenvalue weighted by Gasteiger charge is -2.36. The number of hydrogen-bond donors (Lipinski definition) is 0. The van der Waals surface area contributed by atoms with Gasteiger partial charge in [0.05, 0.1) is 5.41 Å². The number of benzene rings is 10. The molecule has 10 aromatic carbocycles. The van der Waals surface area contributed by atoms with Crippen molar-refractivity contribution >= 4 is 70.5 Å². The largest absolute Gasteiger partial charge is 0.456 e. The van der Waals surface area contributed by atoms with Crippen LogP contribution in [-0.2, 0) is 10.8 Å². The smallest absolute Gasteiger partial charge is 0.137 e. The number of para-hydroxylation sites is 1. The molecule has 314 valence electrons. The molecule has 3 aliphatic carbocycles. The fraction of sp³-hybridized carbons (Fsp3) is 0.0625. The fourth-order valence-electron chi connectivity index (χ4n) is 12.7. The third-order valence-electron chi connectivity index (χ3n) is 15.5.